The normalized spacial score (nSPS) is 20.4. The second-order valence-electron chi connectivity index (χ2n) is 7.87. The van der Waals surface area contributed by atoms with E-state index in [4.69, 9.17) is 14.5 Å². The standard InChI is InChI=1S/C23H22N4O2/c1-28-16-6-7-19-18(13-16)25-14-27(19)20-8-5-15-3-2-4-17(21(15)26-20)22-23(29-22)9-11-24-12-10-23/h2-8,13-14,22,24H,9-12H2,1H3. The smallest absolute Gasteiger partial charge is 0.139 e. The summed E-state index contributed by atoms with van der Waals surface area (Å²) in [4.78, 5) is 9.58. The molecular weight excluding hydrogens is 364 g/mol. The van der Waals surface area contributed by atoms with E-state index in [0.29, 0.717) is 0 Å². The fourth-order valence-electron chi connectivity index (χ4n) is 4.59. The third kappa shape index (κ3) is 2.63. The number of epoxide rings is 1. The maximum absolute atomic E-state index is 6.25. The summed E-state index contributed by atoms with van der Waals surface area (Å²) in [5, 5.41) is 4.56. The molecule has 2 fully saturated rings. The van der Waals surface area contributed by atoms with Gasteiger partial charge in [0.2, 0.25) is 0 Å². The van der Waals surface area contributed by atoms with Crippen LogP contribution in [-0.2, 0) is 4.74 Å². The average molecular weight is 386 g/mol. The number of para-hydroxylation sites is 1. The van der Waals surface area contributed by atoms with Gasteiger partial charge in [0, 0.05) is 17.0 Å². The Hall–Kier alpha value is -2.96. The van der Waals surface area contributed by atoms with Crippen molar-refractivity contribution < 1.29 is 9.47 Å². The summed E-state index contributed by atoms with van der Waals surface area (Å²) < 4.78 is 13.6. The number of imidazole rings is 1. The molecule has 1 unspecified atom stereocenters. The highest BCUT2D eigenvalue weighted by Gasteiger charge is 2.57. The zero-order valence-electron chi connectivity index (χ0n) is 16.3. The zero-order valence-corrected chi connectivity index (χ0v) is 16.3. The molecule has 0 amide bonds. The quantitative estimate of drug-likeness (QED) is 0.543. The van der Waals surface area contributed by atoms with E-state index in [1.807, 2.05) is 35.2 Å². The molecule has 1 spiro atoms. The molecule has 0 bridgehead atoms. The number of nitrogens with zero attached hydrogens (tertiary/aromatic N) is 3. The summed E-state index contributed by atoms with van der Waals surface area (Å²) in [6.45, 7) is 2.04. The van der Waals surface area contributed by atoms with Crippen molar-refractivity contribution in [2.45, 2.75) is 24.5 Å². The molecule has 4 heterocycles. The molecule has 2 aliphatic rings. The Morgan fingerprint density at radius 3 is 2.90 bits per heavy atom. The van der Waals surface area contributed by atoms with Crippen LogP contribution in [0, 0.1) is 0 Å². The molecule has 4 aromatic rings. The maximum Gasteiger partial charge on any atom is 0.139 e. The summed E-state index contributed by atoms with van der Waals surface area (Å²) >= 11 is 0. The number of piperidine rings is 1. The molecule has 1 N–H and O–H groups in total. The van der Waals surface area contributed by atoms with Gasteiger partial charge in [0.05, 0.1) is 23.7 Å². The predicted molar refractivity (Wildman–Crippen MR) is 112 cm³/mol. The van der Waals surface area contributed by atoms with Crippen LogP contribution in [-0.4, -0.2) is 40.3 Å². The van der Waals surface area contributed by atoms with Crippen molar-refractivity contribution in [2.75, 3.05) is 20.2 Å². The van der Waals surface area contributed by atoms with Crippen LogP contribution < -0.4 is 10.1 Å². The first-order valence-electron chi connectivity index (χ1n) is 10.1. The summed E-state index contributed by atoms with van der Waals surface area (Å²) in [6.07, 6.45) is 4.08. The SMILES string of the molecule is COc1ccc2c(c1)ncn2-c1ccc2cccc(C3OC34CCNCC4)c2n1. The lowest BCUT2D eigenvalue weighted by Crippen LogP contribution is -2.33. The van der Waals surface area contributed by atoms with Gasteiger partial charge in [-0.25, -0.2) is 9.97 Å². The first-order chi connectivity index (χ1) is 14.3. The summed E-state index contributed by atoms with van der Waals surface area (Å²) in [6, 6.07) is 16.5. The van der Waals surface area contributed by atoms with Crippen molar-refractivity contribution >= 4 is 21.9 Å². The van der Waals surface area contributed by atoms with E-state index in [0.717, 1.165) is 59.4 Å². The van der Waals surface area contributed by atoms with Crippen LogP contribution >= 0.6 is 0 Å². The fourth-order valence-corrected chi connectivity index (χ4v) is 4.59. The predicted octanol–water partition coefficient (Wildman–Crippen LogP) is 3.78. The second kappa shape index (κ2) is 6.27. The third-order valence-corrected chi connectivity index (χ3v) is 6.24. The molecule has 0 radical (unpaired) electrons. The van der Waals surface area contributed by atoms with Crippen LogP contribution in [0.4, 0.5) is 0 Å². The van der Waals surface area contributed by atoms with E-state index < -0.39 is 0 Å². The summed E-state index contributed by atoms with van der Waals surface area (Å²) in [7, 11) is 1.67. The number of rotatable bonds is 3. The average Bonchev–Trinajstić information content (AvgIpc) is 3.28. The highest BCUT2D eigenvalue weighted by molar-refractivity contribution is 5.84. The first kappa shape index (κ1) is 16.9. The Bertz CT molecular complexity index is 1230. The van der Waals surface area contributed by atoms with Crippen LogP contribution in [0.3, 0.4) is 0 Å². The number of pyridine rings is 1. The molecule has 2 aromatic carbocycles. The zero-order chi connectivity index (χ0) is 19.4. The van der Waals surface area contributed by atoms with Crippen molar-refractivity contribution in [1.82, 2.24) is 19.9 Å². The lowest BCUT2D eigenvalue weighted by atomic mass is 9.90. The molecule has 6 heteroatoms. The van der Waals surface area contributed by atoms with Gasteiger partial charge in [0.25, 0.3) is 0 Å². The van der Waals surface area contributed by atoms with Crippen LogP contribution in [0.2, 0.25) is 0 Å². The van der Waals surface area contributed by atoms with Crippen molar-refractivity contribution in [3.05, 3.63) is 60.4 Å². The lowest BCUT2D eigenvalue weighted by Gasteiger charge is -2.19. The van der Waals surface area contributed by atoms with Gasteiger partial charge >= 0.3 is 0 Å². The number of ether oxygens (including phenoxy) is 2. The minimum Gasteiger partial charge on any atom is -0.497 e. The maximum atomic E-state index is 6.25. The van der Waals surface area contributed by atoms with Gasteiger partial charge in [-0.3, -0.25) is 4.57 Å². The van der Waals surface area contributed by atoms with Gasteiger partial charge in [0.1, 0.15) is 29.6 Å². The Balaban J connectivity index is 1.45. The fraction of sp³-hybridized carbons (Fsp3) is 0.304. The van der Waals surface area contributed by atoms with Crippen LogP contribution in [0.25, 0.3) is 27.8 Å². The molecule has 29 heavy (non-hydrogen) atoms. The molecule has 146 valence electrons. The molecule has 0 saturated carbocycles. The van der Waals surface area contributed by atoms with Crippen molar-refractivity contribution in [3.63, 3.8) is 0 Å². The van der Waals surface area contributed by atoms with Gasteiger partial charge < -0.3 is 14.8 Å². The molecule has 1 atom stereocenters. The number of aromatic nitrogens is 3. The Labute approximate surface area is 168 Å². The van der Waals surface area contributed by atoms with Crippen LogP contribution in [0.1, 0.15) is 24.5 Å². The summed E-state index contributed by atoms with van der Waals surface area (Å²) in [5.41, 5.74) is 4.10. The van der Waals surface area contributed by atoms with Gasteiger partial charge in [0.15, 0.2) is 0 Å². The molecule has 2 saturated heterocycles. The van der Waals surface area contributed by atoms with Crippen LogP contribution in [0.5, 0.6) is 5.75 Å². The molecule has 0 aliphatic carbocycles. The van der Waals surface area contributed by atoms with E-state index in [-0.39, 0.29) is 11.7 Å². The van der Waals surface area contributed by atoms with Crippen molar-refractivity contribution in [1.29, 1.82) is 0 Å². The molecule has 2 aliphatic heterocycles. The highest BCUT2D eigenvalue weighted by Crippen LogP contribution is 2.55. The third-order valence-electron chi connectivity index (χ3n) is 6.24. The lowest BCUT2D eigenvalue weighted by molar-refractivity contribution is 0.242. The Morgan fingerprint density at radius 1 is 1.14 bits per heavy atom. The minimum absolute atomic E-state index is 0.00449. The minimum atomic E-state index is -0.00449. The highest BCUT2D eigenvalue weighted by atomic mass is 16.6. The van der Waals surface area contributed by atoms with Crippen molar-refractivity contribution in [2.24, 2.45) is 0 Å². The molecular formula is C23H22N4O2. The molecule has 6 rings (SSSR count). The van der Waals surface area contributed by atoms with Gasteiger partial charge in [-0.05, 0) is 50.2 Å². The summed E-state index contributed by atoms with van der Waals surface area (Å²) in [5.74, 6) is 1.66. The van der Waals surface area contributed by atoms with E-state index in [1.54, 1.807) is 7.11 Å². The first-order valence-corrected chi connectivity index (χ1v) is 10.1. The topological polar surface area (TPSA) is 64.5 Å². The van der Waals surface area contributed by atoms with Crippen LogP contribution in [0.15, 0.2) is 54.9 Å². The molecule has 2 aromatic heterocycles. The van der Waals surface area contributed by atoms with E-state index in [1.165, 1.54) is 5.56 Å². The largest absolute Gasteiger partial charge is 0.497 e. The monoisotopic (exact) mass is 386 g/mol. The van der Waals surface area contributed by atoms with Gasteiger partial charge in [-0.2, -0.15) is 0 Å². The van der Waals surface area contributed by atoms with E-state index in [9.17, 15) is 0 Å². The Morgan fingerprint density at radius 2 is 2.03 bits per heavy atom. The number of benzene rings is 2. The van der Waals surface area contributed by atoms with Gasteiger partial charge in [-0.1, -0.05) is 18.2 Å². The number of hydrogen-bond donors (Lipinski definition) is 1. The van der Waals surface area contributed by atoms with E-state index >= 15 is 0 Å². The number of nitrogens with one attached hydrogen (secondary N) is 1. The van der Waals surface area contributed by atoms with E-state index in [2.05, 4.69) is 34.6 Å². The number of fused-ring (bicyclic) bond motifs is 2. The van der Waals surface area contributed by atoms with Gasteiger partial charge in [-0.15, -0.1) is 0 Å². The number of hydrogen-bond acceptors (Lipinski definition) is 5. The molecule has 6 nitrogen and oxygen atoms in total. The second-order valence-corrected chi connectivity index (χ2v) is 7.87. The number of methoxy groups -OCH3 is 1. The Kier molecular flexibility index (Phi) is 3.66. The van der Waals surface area contributed by atoms with Crippen molar-refractivity contribution in [3.8, 4) is 11.6 Å².